The highest BCUT2D eigenvalue weighted by Crippen LogP contribution is 2.45. The van der Waals surface area contributed by atoms with E-state index in [2.05, 4.69) is 125 Å². The standard InChI is InChI=1S/C85H150O17P2/c1-5-9-13-17-21-25-29-33-36-38-39-41-43-47-50-54-58-62-66-70-83(88)96-76-81(102-85(90)72-68-64-60-56-52-48-44-40-37-34-30-26-22-18-14-10-6-2)78-100-104(93,94)98-74-79(86)73-97-103(91,92)99-77-80(101-84(89)71-67-63-59-55-51-45-32-28-24-20-16-12-8-4)75-95-82(87)69-65-61-57-53-49-46-42-35-31-27-23-19-15-11-7-3/h10,14,21-22,25-26,28,32-34,36-37,39,41,44,48,79-81,86H,5-9,11-13,15-20,23-24,27,29-31,35,38,40,42-43,45-47,49-78H2,1-4H3,(H,91,92)(H,93,94)/b14-10-,25-21-,26-22-,32-28-,36-33-,37-34-,41-39-,48-44-. The van der Waals surface area contributed by atoms with E-state index in [9.17, 15) is 43.2 Å². The van der Waals surface area contributed by atoms with E-state index in [1.807, 2.05) is 0 Å². The number of hydrogen-bond acceptors (Lipinski definition) is 15. The molecule has 602 valence electrons. The number of unbranched alkanes of at least 4 members (excludes halogenated alkanes) is 36. The fraction of sp³-hybridized carbons (Fsp3) is 0.765. The van der Waals surface area contributed by atoms with Crippen LogP contribution in [-0.2, 0) is 65.4 Å². The molecule has 5 unspecified atom stereocenters. The number of phosphoric acid groups is 2. The van der Waals surface area contributed by atoms with Crippen molar-refractivity contribution in [2.45, 2.75) is 380 Å². The highest BCUT2D eigenvalue weighted by atomic mass is 31.2. The lowest BCUT2D eigenvalue weighted by Crippen LogP contribution is -2.30. The summed E-state index contributed by atoms with van der Waals surface area (Å²) < 4.78 is 68.7. The molecule has 0 rings (SSSR count). The van der Waals surface area contributed by atoms with Gasteiger partial charge < -0.3 is 33.8 Å². The molecular formula is C85H150O17P2. The van der Waals surface area contributed by atoms with Crippen LogP contribution in [-0.4, -0.2) is 96.7 Å². The van der Waals surface area contributed by atoms with E-state index in [0.717, 1.165) is 167 Å². The summed E-state index contributed by atoms with van der Waals surface area (Å²) in [5.74, 6) is -2.20. The predicted octanol–water partition coefficient (Wildman–Crippen LogP) is 24.3. The van der Waals surface area contributed by atoms with Crippen molar-refractivity contribution in [3.8, 4) is 0 Å². The molecule has 0 aromatic heterocycles. The zero-order valence-corrected chi connectivity index (χ0v) is 67.7. The third kappa shape index (κ3) is 76.2. The van der Waals surface area contributed by atoms with Crippen LogP contribution < -0.4 is 0 Å². The van der Waals surface area contributed by atoms with E-state index in [4.69, 9.17) is 37.0 Å². The van der Waals surface area contributed by atoms with E-state index >= 15 is 0 Å². The van der Waals surface area contributed by atoms with Gasteiger partial charge in [0, 0.05) is 25.7 Å². The smallest absolute Gasteiger partial charge is 0.462 e. The second kappa shape index (κ2) is 77.1. The van der Waals surface area contributed by atoms with Crippen LogP contribution >= 0.6 is 15.6 Å². The molecule has 3 N–H and O–H groups in total. The van der Waals surface area contributed by atoms with Crippen molar-refractivity contribution in [3.63, 3.8) is 0 Å². The van der Waals surface area contributed by atoms with Crippen molar-refractivity contribution in [3.05, 3.63) is 97.2 Å². The van der Waals surface area contributed by atoms with Gasteiger partial charge in [-0.3, -0.25) is 37.3 Å². The number of aliphatic hydroxyl groups is 1. The van der Waals surface area contributed by atoms with Gasteiger partial charge in [0.15, 0.2) is 12.2 Å². The predicted molar refractivity (Wildman–Crippen MR) is 427 cm³/mol. The SMILES string of the molecule is CC/C=C\C/C=C\C/C=C\C/C=C\CCCCCCC(=O)OC(COC(=O)CCCCCCCC/C=C\C/C=C\C/C=C\CCCCC)COP(=O)(O)OCC(O)COP(=O)(O)OCC(COC(=O)CCCCCCCCCCCCCCCCC)OC(=O)CCCCCCC/C=C\CCCCCC. The first-order chi connectivity index (χ1) is 50.7. The second-order valence-electron chi connectivity index (χ2n) is 27.7. The minimum absolute atomic E-state index is 0.0638. The number of carbonyl (C=O) groups is 4. The summed E-state index contributed by atoms with van der Waals surface area (Å²) in [6, 6.07) is 0. The van der Waals surface area contributed by atoms with E-state index < -0.39 is 97.5 Å². The molecule has 0 fully saturated rings. The number of hydrogen-bond donors (Lipinski definition) is 3. The quantitative estimate of drug-likeness (QED) is 0.0169. The van der Waals surface area contributed by atoms with Gasteiger partial charge in [0.1, 0.15) is 19.3 Å². The lowest BCUT2D eigenvalue weighted by atomic mass is 10.0. The molecule has 0 aliphatic rings. The second-order valence-corrected chi connectivity index (χ2v) is 30.6. The number of rotatable bonds is 78. The molecule has 0 radical (unpaired) electrons. The summed E-state index contributed by atoms with van der Waals surface area (Å²) >= 11 is 0. The van der Waals surface area contributed by atoms with Crippen LogP contribution in [0.1, 0.15) is 362 Å². The van der Waals surface area contributed by atoms with Gasteiger partial charge in [-0.25, -0.2) is 9.13 Å². The Labute approximate surface area is 633 Å². The number of aliphatic hydroxyl groups excluding tert-OH is 1. The Kier molecular flexibility index (Phi) is 74.2. The van der Waals surface area contributed by atoms with Crippen molar-refractivity contribution in [1.29, 1.82) is 0 Å². The van der Waals surface area contributed by atoms with Crippen LogP contribution in [0.15, 0.2) is 97.2 Å². The maximum Gasteiger partial charge on any atom is 0.472 e. The summed E-state index contributed by atoms with van der Waals surface area (Å²) in [4.78, 5) is 73.1. The first kappa shape index (κ1) is 100.0. The third-order valence-corrected chi connectivity index (χ3v) is 19.4. The largest absolute Gasteiger partial charge is 0.472 e. The molecule has 0 aliphatic heterocycles. The number of ether oxygens (including phenoxy) is 4. The van der Waals surface area contributed by atoms with E-state index in [0.29, 0.717) is 25.7 Å². The summed E-state index contributed by atoms with van der Waals surface area (Å²) in [7, 11) is -9.97. The van der Waals surface area contributed by atoms with Crippen molar-refractivity contribution in [1.82, 2.24) is 0 Å². The number of phosphoric ester groups is 2. The van der Waals surface area contributed by atoms with Crippen LogP contribution in [0.4, 0.5) is 0 Å². The topological polar surface area (TPSA) is 237 Å². The zero-order valence-electron chi connectivity index (χ0n) is 65.9. The lowest BCUT2D eigenvalue weighted by Gasteiger charge is -2.21. The average molecular weight is 1510 g/mol. The van der Waals surface area contributed by atoms with Crippen LogP contribution in [0.25, 0.3) is 0 Å². The van der Waals surface area contributed by atoms with Gasteiger partial charge in [-0.05, 0) is 128 Å². The molecule has 0 aromatic carbocycles. The Morgan fingerprint density at radius 2 is 0.500 bits per heavy atom. The summed E-state index contributed by atoms with van der Waals surface area (Å²) in [5, 5.41) is 10.7. The maximum atomic E-state index is 13.1. The first-order valence-corrected chi connectivity index (χ1v) is 44.5. The van der Waals surface area contributed by atoms with E-state index in [-0.39, 0.29) is 25.7 Å². The van der Waals surface area contributed by atoms with E-state index in [1.165, 1.54) is 116 Å². The highest BCUT2D eigenvalue weighted by Gasteiger charge is 2.30. The fourth-order valence-corrected chi connectivity index (χ4v) is 12.8. The Morgan fingerprint density at radius 3 is 0.808 bits per heavy atom. The van der Waals surface area contributed by atoms with Gasteiger partial charge in [0.2, 0.25) is 0 Å². The minimum atomic E-state index is -4.99. The Bertz CT molecular complexity index is 2350. The Hall–Kier alpha value is -4.02. The van der Waals surface area contributed by atoms with Crippen LogP contribution in [0.3, 0.4) is 0 Å². The average Bonchev–Trinajstić information content (AvgIpc) is 0.917. The molecule has 19 heteroatoms. The third-order valence-electron chi connectivity index (χ3n) is 17.5. The molecule has 17 nitrogen and oxygen atoms in total. The molecule has 104 heavy (non-hydrogen) atoms. The molecule has 0 aliphatic carbocycles. The van der Waals surface area contributed by atoms with Gasteiger partial charge in [0.05, 0.1) is 26.4 Å². The van der Waals surface area contributed by atoms with Gasteiger partial charge in [0.25, 0.3) is 0 Å². The number of allylic oxidation sites excluding steroid dienone is 16. The van der Waals surface area contributed by atoms with Crippen LogP contribution in [0.2, 0.25) is 0 Å². The molecule has 0 bridgehead atoms. The van der Waals surface area contributed by atoms with Gasteiger partial charge in [-0.15, -0.1) is 0 Å². The molecule has 0 amide bonds. The number of esters is 4. The molecule has 0 heterocycles. The Balaban J connectivity index is 5.37. The lowest BCUT2D eigenvalue weighted by molar-refractivity contribution is -0.161. The molecule has 0 spiro atoms. The monoisotopic (exact) mass is 1510 g/mol. The zero-order chi connectivity index (χ0) is 76.0. The first-order valence-electron chi connectivity index (χ1n) is 41.5. The Morgan fingerprint density at radius 1 is 0.279 bits per heavy atom. The van der Waals surface area contributed by atoms with Crippen LogP contribution in [0.5, 0.6) is 0 Å². The fourth-order valence-electron chi connectivity index (χ4n) is 11.2. The normalized spacial score (nSPS) is 14.3. The van der Waals surface area contributed by atoms with Crippen molar-refractivity contribution >= 4 is 39.5 Å². The highest BCUT2D eigenvalue weighted by molar-refractivity contribution is 7.47. The molecule has 0 saturated heterocycles. The summed E-state index contributed by atoms with van der Waals surface area (Å²) in [6.07, 6.45) is 82.3. The summed E-state index contributed by atoms with van der Waals surface area (Å²) in [5.41, 5.74) is 0. The minimum Gasteiger partial charge on any atom is -0.462 e. The van der Waals surface area contributed by atoms with Gasteiger partial charge >= 0.3 is 39.5 Å². The van der Waals surface area contributed by atoms with E-state index in [1.54, 1.807) is 0 Å². The summed E-state index contributed by atoms with van der Waals surface area (Å²) in [6.45, 7) is 4.73. The van der Waals surface area contributed by atoms with Crippen molar-refractivity contribution in [2.75, 3.05) is 39.6 Å². The molecule has 5 atom stereocenters. The molecular weight excluding hydrogens is 1350 g/mol. The van der Waals surface area contributed by atoms with Gasteiger partial charge in [-0.2, -0.15) is 0 Å². The molecule has 0 saturated carbocycles. The van der Waals surface area contributed by atoms with Crippen molar-refractivity contribution < 1.29 is 80.2 Å². The molecule has 0 aromatic rings. The number of carbonyl (C=O) groups excluding carboxylic acids is 4. The van der Waals surface area contributed by atoms with Crippen molar-refractivity contribution in [2.24, 2.45) is 0 Å². The van der Waals surface area contributed by atoms with Gasteiger partial charge in [-0.1, -0.05) is 305 Å². The van der Waals surface area contributed by atoms with Crippen LogP contribution in [0, 0.1) is 0 Å². The maximum absolute atomic E-state index is 13.1.